The zero-order chi connectivity index (χ0) is 21.8. The van der Waals surface area contributed by atoms with Gasteiger partial charge >= 0.3 is 0 Å². The van der Waals surface area contributed by atoms with Crippen molar-refractivity contribution < 1.29 is 9.59 Å². The summed E-state index contributed by atoms with van der Waals surface area (Å²) in [6, 6.07) is 27.7. The van der Waals surface area contributed by atoms with E-state index in [4.69, 9.17) is 6.57 Å². The minimum atomic E-state index is -0.363. The molecule has 0 radical (unpaired) electrons. The molecule has 1 aliphatic heterocycles. The molecule has 32 heavy (non-hydrogen) atoms. The van der Waals surface area contributed by atoms with Gasteiger partial charge in [0, 0.05) is 5.39 Å². The van der Waals surface area contributed by atoms with Crippen molar-refractivity contribution in [1.29, 1.82) is 0 Å². The molecule has 5 aromatic rings. The first kappa shape index (κ1) is 18.1. The van der Waals surface area contributed by atoms with Crippen LogP contribution >= 0.6 is 0 Å². The molecular formula is C27H15N3O2. The predicted molar refractivity (Wildman–Crippen MR) is 125 cm³/mol. The summed E-state index contributed by atoms with van der Waals surface area (Å²) < 4.78 is 1.94. The summed E-state index contributed by atoms with van der Waals surface area (Å²) in [6.45, 7) is 7.71. The number of carbonyl (C=O) groups is 2. The van der Waals surface area contributed by atoms with E-state index in [9.17, 15) is 9.59 Å². The normalized spacial score (nSPS) is 13.0. The largest absolute Gasteiger partial charge is 0.318 e. The van der Waals surface area contributed by atoms with Crippen molar-refractivity contribution >= 4 is 45.0 Å². The van der Waals surface area contributed by atoms with E-state index in [0.29, 0.717) is 28.2 Å². The molecule has 2 amide bonds. The monoisotopic (exact) mass is 413 g/mol. The molecule has 0 saturated heterocycles. The summed E-state index contributed by atoms with van der Waals surface area (Å²) in [5, 5.41) is 1.92. The second-order valence-electron chi connectivity index (χ2n) is 7.62. The van der Waals surface area contributed by atoms with Crippen LogP contribution in [0.5, 0.6) is 0 Å². The van der Waals surface area contributed by atoms with Gasteiger partial charge in [0.05, 0.1) is 40.1 Å². The summed E-state index contributed by atoms with van der Waals surface area (Å²) in [4.78, 5) is 31.8. The van der Waals surface area contributed by atoms with Crippen LogP contribution in [0, 0.1) is 6.57 Å². The van der Waals surface area contributed by atoms with Crippen LogP contribution in [0.25, 0.3) is 32.3 Å². The summed E-state index contributed by atoms with van der Waals surface area (Å²) >= 11 is 0. The molecule has 0 saturated carbocycles. The van der Waals surface area contributed by atoms with Gasteiger partial charge in [-0.15, -0.1) is 0 Å². The van der Waals surface area contributed by atoms with Gasteiger partial charge in [-0.1, -0.05) is 60.7 Å². The SMILES string of the molecule is [C-]#[N+]c1cccc2c3ccccc3n(-c3cccc4c3C(=O)N(c3ccccc3)C4=O)c12. The Kier molecular flexibility index (Phi) is 3.77. The van der Waals surface area contributed by atoms with Crippen LogP contribution in [0.1, 0.15) is 20.7 Å². The molecule has 150 valence electrons. The number of benzene rings is 4. The maximum Gasteiger partial charge on any atom is 0.268 e. The first-order valence-corrected chi connectivity index (χ1v) is 10.2. The van der Waals surface area contributed by atoms with Crippen LogP contribution in [0.4, 0.5) is 11.4 Å². The summed E-state index contributed by atoms with van der Waals surface area (Å²) in [5.74, 6) is -0.706. The van der Waals surface area contributed by atoms with Crippen LogP contribution in [0.2, 0.25) is 0 Å². The Labute approximate surface area is 183 Å². The van der Waals surface area contributed by atoms with E-state index in [1.54, 1.807) is 42.5 Å². The van der Waals surface area contributed by atoms with Crippen molar-refractivity contribution in [1.82, 2.24) is 4.57 Å². The van der Waals surface area contributed by atoms with E-state index in [1.807, 2.05) is 53.1 Å². The predicted octanol–water partition coefficient (Wildman–Crippen LogP) is 6.14. The lowest BCUT2D eigenvalue weighted by Gasteiger charge is -2.14. The summed E-state index contributed by atoms with van der Waals surface area (Å²) in [5.41, 5.74) is 3.95. The van der Waals surface area contributed by atoms with Crippen molar-refractivity contribution in [2.24, 2.45) is 0 Å². The molecule has 0 fully saturated rings. The van der Waals surface area contributed by atoms with Crippen molar-refractivity contribution in [3.63, 3.8) is 0 Å². The second-order valence-corrected chi connectivity index (χ2v) is 7.62. The molecule has 5 heteroatoms. The zero-order valence-electron chi connectivity index (χ0n) is 16.8. The Morgan fingerprint density at radius 3 is 2.22 bits per heavy atom. The van der Waals surface area contributed by atoms with Gasteiger partial charge in [-0.05, 0) is 35.7 Å². The number of fused-ring (bicyclic) bond motifs is 4. The van der Waals surface area contributed by atoms with E-state index in [0.717, 1.165) is 21.8 Å². The van der Waals surface area contributed by atoms with Gasteiger partial charge in [-0.25, -0.2) is 9.74 Å². The first-order chi connectivity index (χ1) is 15.7. The second kappa shape index (κ2) is 6.66. The number of carbonyl (C=O) groups excluding carboxylic acids is 2. The highest BCUT2D eigenvalue weighted by Crippen LogP contribution is 2.40. The van der Waals surface area contributed by atoms with Crippen LogP contribution in [0.3, 0.4) is 0 Å². The molecule has 0 bridgehead atoms. The van der Waals surface area contributed by atoms with E-state index in [2.05, 4.69) is 4.85 Å². The van der Waals surface area contributed by atoms with Gasteiger partial charge in [0.2, 0.25) is 5.69 Å². The van der Waals surface area contributed by atoms with Crippen molar-refractivity contribution in [2.75, 3.05) is 4.90 Å². The number of rotatable bonds is 2. The lowest BCUT2D eigenvalue weighted by molar-refractivity contribution is 0.0926. The molecule has 0 spiro atoms. The number of nitrogens with zero attached hydrogens (tertiary/aromatic N) is 3. The molecule has 0 aliphatic carbocycles. The number of aromatic nitrogens is 1. The molecule has 6 rings (SSSR count). The van der Waals surface area contributed by atoms with Crippen molar-refractivity contribution in [3.05, 3.63) is 114 Å². The van der Waals surface area contributed by atoms with Crippen LogP contribution in [-0.4, -0.2) is 16.4 Å². The van der Waals surface area contributed by atoms with E-state index in [-0.39, 0.29) is 11.8 Å². The molecular weight excluding hydrogens is 398 g/mol. The smallest absolute Gasteiger partial charge is 0.268 e. The lowest BCUT2D eigenvalue weighted by atomic mass is 10.1. The summed E-state index contributed by atoms with van der Waals surface area (Å²) in [7, 11) is 0. The van der Waals surface area contributed by atoms with Gasteiger partial charge in [-0.2, -0.15) is 0 Å². The van der Waals surface area contributed by atoms with Crippen LogP contribution < -0.4 is 4.90 Å². The average molecular weight is 413 g/mol. The van der Waals surface area contributed by atoms with Crippen molar-refractivity contribution in [2.45, 2.75) is 0 Å². The Hall–Kier alpha value is -4.69. The number of hydrogen-bond acceptors (Lipinski definition) is 2. The fourth-order valence-electron chi connectivity index (χ4n) is 4.61. The number of para-hydroxylation sites is 3. The maximum atomic E-state index is 13.6. The number of hydrogen-bond donors (Lipinski definition) is 0. The topological polar surface area (TPSA) is 46.7 Å². The standard InChI is InChI=1S/C27H15N3O2/c1-28-21-14-7-12-19-18-11-5-6-15-22(18)30(25(19)21)23-16-8-13-20-24(23)27(32)29(26(20)31)17-9-3-2-4-10-17/h2-16H. The van der Waals surface area contributed by atoms with Crippen LogP contribution in [-0.2, 0) is 0 Å². The Balaban J connectivity index is 1.70. The Morgan fingerprint density at radius 1 is 0.688 bits per heavy atom. The number of imide groups is 1. The van der Waals surface area contributed by atoms with Gasteiger partial charge in [0.25, 0.3) is 11.8 Å². The average Bonchev–Trinajstić information content (AvgIpc) is 3.31. The van der Waals surface area contributed by atoms with Gasteiger partial charge in [0.1, 0.15) is 0 Å². The molecule has 2 heterocycles. The Morgan fingerprint density at radius 2 is 1.41 bits per heavy atom. The molecule has 0 N–H and O–H groups in total. The third-order valence-electron chi connectivity index (χ3n) is 5.94. The molecule has 5 nitrogen and oxygen atoms in total. The minimum Gasteiger partial charge on any atom is -0.318 e. The zero-order valence-corrected chi connectivity index (χ0v) is 16.8. The van der Waals surface area contributed by atoms with Crippen LogP contribution in [0.15, 0.2) is 91.0 Å². The molecule has 0 unspecified atom stereocenters. The first-order valence-electron chi connectivity index (χ1n) is 10.2. The summed E-state index contributed by atoms with van der Waals surface area (Å²) in [6.07, 6.45) is 0. The van der Waals surface area contributed by atoms with Crippen molar-refractivity contribution in [3.8, 4) is 5.69 Å². The Bertz CT molecular complexity index is 1620. The fourth-order valence-corrected chi connectivity index (χ4v) is 4.61. The quantitative estimate of drug-likeness (QED) is 0.258. The van der Waals surface area contributed by atoms with E-state index < -0.39 is 0 Å². The number of anilines is 1. The maximum absolute atomic E-state index is 13.6. The van der Waals surface area contributed by atoms with E-state index in [1.165, 1.54) is 4.90 Å². The third kappa shape index (κ3) is 2.32. The highest BCUT2D eigenvalue weighted by molar-refractivity contribution is 6.35. The van der Waals surface area contributed by atoms with Gasteiger partial charge in [0.15, 0.2) is 0 Å². The highest BCUT2D eigenvalue weighted by atomic mass is 16.2. The van der Waals surface area contributed by atoms with Gasteiger partial charge < -0.3 is 4.57 Å². The van der Waals surface area contributed by atoms with E-state index >= 15 is 0 Å². The molecule has 1 aliphatic rings. The number of amides is 2. The molecule has 1 aromatic heterocycles. The third-order valence-corrected chi connectivity index (χ3v) is 5.94. The highest BCUT2D eigenvalue weighted by Gasteiger charge is 2.39. The molecule has 0 atom stereocenters. The minimum absolute atomic E-state index is 0.343. The van der Waals surface area contributed by atoms with Gasteiger partial charge in [-0.3, -0.25) is 9.59 Å². The lowest BCUT2D eigenvalue weighted by Crippen LogP contribution is -2.29. The molecule has 4 aromatic carbocycles. The fraction of sp³-hybridized carbons (Fsp3) is 0.